The van der Waals surface area contributed by atoms with E-state index in [4.69, 9.17) is 28.4 Å². The Balaban J connectivity index is 1.40. The lowest BCUT2D eigenvalue weighted by molar-refractivity contribution is -0.232. The van der Waals surface area contributed by atoms with Crippen molar-refractivity contribution in [3.8, 4) is 0 Å². The van der Waals surface area contributed by atoms with Crippen LogP contribution in [0, 0.1) is 13.8 Å². The monoisotopic (exact) mass is 502 g/mol. The highest BCUT2D eigenvalue weighted by atomic mass is 16.9. The molecule has 4 aliphatic rings. The predicted molar refractivity (Wildman–Crippen MR) is 122 cm³/mol. The molecule has 3 aliphatic heterocycles. The fourth-order valence-electron chi connectivity index (χ4n) is 5.33. The summed E-state index contributed by atoms with van der Waals surface area (Å²) in [4.78, 5) is 43.2. The number of hydrogen-bond acceptors (Lipinski definition) is 11. The molecule has 0 radical (unpaired) electrons. The number of nitrogens with one attached hydrogen (secondary N) is 1. The Kier molecular flexibility index (Phi) is 5.84. The van der Waals surface area contributed by atoms with Gasteiger partial charge >= 0.3 is 5.97 Å². The molecule has 1 aromatic rings. The maximum Gasteiger partial charge on any atom is 0.340 e. The summed E-state index contributed by atoms with van der Waals surface area (Å²) >= 11 is 0. The summed E-state index contributed by atoms with van der Waals surface area (Å²) in [7, 11) is 1.21. The Hall–Kier alpha value is -2.70. The smallest absolute Gasteiger partial charge is 0.340 e. The van der Waals surface area contributed by atoms with Crippen molar-refractivity contribution >= 4 is 17.5 Å². The fraction of sp³-hybridized carbons (Fsp3) is 0.600. The number of fused-ring (bicyclic) bond motifs is 4. The number of allylic oxidation sites excluding steroid dienone is 2. The number of methoxy groups -OCH3 is 1. The van der Waals surface area contributed by atoms with E-state index >= 15 is 0 Å². The Labute approximate surface area is 208 Å². The molecule has 11 nitrogen and oxygen atoms in total. The lowest BCUT2D eigenvalue weighted by atomic mass is 9.87. The Morgan fingerprint density at radius 3 is 2.31 bits per heavy atom. The first-order valence-electron chi connectivity index (χ1n) is 11.8. The molecular weight excluding hydrogens is 472 g/mol. The number of carbonyl (C=O) groups is 3. The van der Waals surface area contributed by atoms with Crippen LogP contribution < -0.4 is 5.32 Å². The molecule has 5 rings (SSSR count). The molecule has 0 bridgehead atoms. The molecule has 1 N–H and O–H groups in total. The topological polar surface area (TPSA) is 132 Å². The van der Waals surface area contributed by atoms with Crippen molar-refractivity contribution < 1.29 is 42.8 Å². The minimum absolute atomic E-state index is 0.00372. The number of esters is 1. The zero-order valence-electron chi connectivity index (χ0n) is 21.3. The summed E-state index contributed by atoms with van der Waals surface area (Å²) in [6.45, 7) is 10.6. The van der Waals surface area contributed by atoms with Crippen molar-refractivity contribution in [1.82, 2.24) is 10.3 Å². The van der Waals surface area contributed by atoms with Crippen molar-refractivity contribution in [2.75, 3.05) is 13.7 Å². The van der Waals surface area contributed by atoms with Gasteiger partial charge < -0.3 is 33.7 Å². The molecule has 0 aromatic carbocycles. The number of pyridine rings is 1. The summed E-state index contributed by atoms with van der Waals surface area (Å²) in [5.41, 5.74) is 0.827. The normalized spacial score (nSPS) is 31.9. The van der Waals surface area contributed by atoms with E-state index in [-0.39, 0.29) is 28.9 Å². The SMILES string of the molecule is COC(=O)c1c(C)nc(C)c2c1C(=O)C=C(NC[C@H]1O[C@@H]3OC(C)(C)O[C@@H]3[C@H]3OC(C)(C)O[C@H]31)C2=O. The van der Waals surface area contributed by atoms with Gasteiger partial charge in [-0.1, -0.05) is 0 Å². The summed E-state index contributed by atoms with van der Waals surface area (Å²) in [6, 6.07) is 0. The summed E-state index contributed by atoms with van der Waals surface area (Å²) in [6.07, 6.45) is -1.47. The molecule has 3 fully saturated rings. The van der Waals surface area contributed by atoms with Crippen LogP contribution in [0.2, 0.25) is 0 Å². The quantitative estimate of drug-likeness (QED) is 0.604. The summed E-state index contributed by atoms with van der Waals surface area (Å²) in [5, 5.41) is 3.05. The van der Waals surface area contributed by atoms with Gasteiger partial charge in [0.15, 0.2) is 23.6 Å². The van der Waals surface area contributed by atoms with Crippen LogP contribution in [0.1, 0.15) is 70.2 Å². The standard InChI is InChI=1S/C25H30N2O9/c1-10-15-17(16(11(2)27-10)22(30)31-7)13(28)8-12(18(15)29)26-9-14-19-20(34-24(3,4)33-19)21-23(32-14)36-25(5,6)35-21/h8,14,19-21,23,26H,9H2,1-7H3/t14-,19+,20+,21-,23-/m1/s1. The summed E-state index contributed by atoms with van der Waals surface area (Å²) in [5.74, 6) is -3.37. The average molecular weight is 503 g/mol. The minimum atomic E-state index is -0.859. The first-order valence-corrected chi connectivity index (χ1v) is 11.8. The second-order valence-corrected chi connectivity index (χ2v) is 10.2. The fourth-order valence-corrected chi connectivity index (χ4v) is 5.33. The lowest BCUT2D eigenvalue weighted by Gasteiger charge is -2.37. The van der Waals surface area contributed by atoms with Gasteiger partial charge in [-0.25, -0.2) is 4.79 Å². The number of ether oxygens (including phenoxy) is 6. The second-order valence-electron chi connectivity index (χ2n) is 10.2. The van der Waals surface area contributed by atoms with Gasteiger partial charge in [-0.05, 0) is 41.5 Å². The number of aryl methyl sites for hydroxylation is 2. The van der Waals surface area contributed by atoms with E-state index in [0.29, 0.717) is 11.4 Å². The highest BCUT2D eigenvalue weighted by molar-refractivity contribution is 6.27. The first-order chi connectivity index (χ1) is 16.8. The molecule has 11 heteroatoms. The zero-order chi connectivity index (χ0) is 26.2. The molecule has 4 heterocycles. The van der Waals surface area contributed by atoms with Crippen LogP contribution in [-0.2, 0) is 28.4 Å². The maximum absolute atomic E-state index is 13.4. The van der Waals surface area contributed by atoms with Crippen LogP contribution in [0.25, 0.3) is 0 Å². The Morgan fingerprint density at radius 1 is 0.972 bits per heavy atom. The molecule has 0 amide bonds. The second kappa shape index (κ2) is 8.42. The van der Waals surface area contributed by atoms with E-state index in [1.807, 2.05) is 13.8 Å². The molecule has 0 saturated carbocycles. The van der Waals surface area contributed by atoms with Crippen molar-refractivity contribution in [1.29, 1.82) is 0 Å². The van der Waals surface area contributed by atoms with E-state index in [9.17, 15) is 14.4 Å². The molecule has 194 valence electrons. The van der Waals surface area contributed by atoms with Gasteiger partial charge in [-0.2, -0.15) is 0 Å². The van der Waals surface area contributed by atoms with Crippen LogP contribution in [0.4, 0.5) is 0 Å². The molecule has 1 aromatic heterocycles. The largest absolute Gasteiger partial charge is 0.465 e. The van der Waals surface area contributed by atoms with Gasteiger partial charge in [0.1, 0.15) is 24.4 Å². The number of rotatable bonds is 4. The third kappa shape index (κ3) is 4.04. The highest BCUT2D eigenvalue weighted by Gasteiger charge is 2.60. The van der Waals surface area contributed by atoms with Crippen LogP contribution in [0.3, 0.4) is 0 Å². The van der Waals surface area contributed by atoms with Gasteiger partial charge in [0.25, 0.3) is 0 Å². The average Bonchev–Trinajstić information content (AvgIpc) is 3.28. The molecule has 0 spiro atoms. The predicted octanol–water partition coefficient (Wildman–Crippen LogP) is 1.73. The van der Waals surface area contributed by atoms with E-state index in [2.05, 4.69) is 10.3 Å². The molecular formula is C25H30N2O9. The Bertz CT molecular complexity index is 1190. The van der Waals surface area contributed by atoms with Gasteiger partial charge in [-0.3, -0.25) is 14.6 Å². The van der Waals surface area contributed by atoms with E-state index in [1.165, 1.54) is 13.2 Å². The summed E-state index contributed by atoms with van der Waals surface area (Å²) < 4.78 is 35.1. The van der Waals surface area contributed by atoms with Crippen LogP contribution in [-0.4, -0.2) is 78.5 Å². The van der Waals surface area contributed by atoms with Gasteiger partial charge in [0.2, 0.25) is 5.78 Å². The van der Waals surface area contributed by atoms with Crippen LogP contribution >= 0.6 is 0 Å². The molecule has 36 heavy (non-hydrogen) atoms. The number of hydrogen-bond donors (Lipinski definition) is 1. The third-order valence-corrected chi connectivity index (χ3v) is 6.69. The van der Waals surface area contributed by atoms with E-state index in [1.54, 1.807) is 27.7 Å². The van der Waals surface area contributed by atoms with Crippen molar-refractivity contribution in [3.05, 3.63) is 39.9 Å². The number of ketones is 2. The van der Waals surface area contributed by atoms with Crippen LogP contribution in [0.15, 0.2) is 11.8 Å². The number of nitrogens with zero attached hydrogens (tertiary/aromatic N) is 1. The molecule has 3 saturated heterocycles. The van der Waals surface area contributed by atoms with Gasteiger partial charge in [0, 0.05) is 18.3 Å². The molecule has 5 atom stereocenters. The minimum Gasteiger partial charge on any atom is -0.465 e. The van der Waals surface area contributed by atoms with Crippen molar-refractivity contribution in [2.24, 2.45) is 0 Å². The molecule has 1 aliphatic carbocycles. The maximum atomic E-state index is 13.4. The third-order valence-electron chi connectivity index (χ3n) is 6.69. The zero-order valence-corrected chi connectivity index (χ0v) is 21.3. The highest BCUT2D eigenvalue weighted by Crippen LogP contribution is 2.44. The Morgan fingerprint density at radius 2 is 1.61 bits per heavy atom. The van der Waals surface area contributed by atoms with E-state index < -0.39 is 59.8 Å². The number of Topliss-reactive ketones (excluding diaryl/α,β-unsaturated/α-hetero) is 1. The van der Waals surface area contributed by atoms with Gasteiger partial charge in [0.05, 0.1) is 35.2 Å². The van der Waals surface area contributed by atoms with E-state index in [0.717, 1.165) is 0 Å². The molecule has 0 unspecified atom stereocenters. The van der Waals surface area contributed by atoms with Crippen LogP contribution in [0.5, 0.6) is 0 Å². The lowest BCUT2D eigenvalue weighted by Crippen LogP contribution is -2.57. The number of aromatic nitrogens is 1. The number of carbonyl (C=O) groups excluding carboxylic acids is 3. The first kappa shape index (κ1) is 25.0. The van der Waals surface area contributed by atoms with Crippen molar-refractivity contribution in [3.63, 3.8) is 0 Å². The van der Waals surface area contributed by atoms with Gasteiger partial charge in [-0.15, -0.1) is 0 Å². The van der Waals surface area contributed by atoms with Crippen molar-refractivity contribution in [2.45, 2.75) is 83.8 Å².